The zero-order chi connectivity index (χ0) is 21.0. The highest BCUT2D eigenvalue weighted by molar-refractivity contribution is 14.0. The molecule has 1 aliphatic rings. The lowest BCUT2D eigenvalue weighted by molar-refractivity contribution is 0.167. The number of halogens is 1. The predicted octanol–water partition coefficient (Wildman–Crippen LogP) is 4.03. The maximum atomic E-state index is 5.34. The quantitative estimate of drug-likeness (QED) is 0.288. The van der Waals surface area contributed by atoms with Gasteiger partial charge in [0.15, 0.2) is 5.96 Å². The maximum Gasteiger partial charge on any atom is 0.191 e. The number of piperidine rings is 1. The molecule has 3 rings (SSSR count). The molecule has 0 saturated carbocycles. The van der Waals surface area contributed by atoms with Crippen LogP contribution in [0, 0.1) is 0 Å². The Bertz CT molecular complexity index is 763. The van der Waals surface area contributed by atoms with E-state index in [-0.39, 0.29) is 30.0 Å². The van der Waals surface area contributed by atoms with Gasteiger partial charge in [0.25, 0.3) is 0 Å². The van der Waals surface area contributed by atoms with Gasteiger partial charge in [-0.2, -0.15) is 0 Å². The average molecular weight is 537 g/mol. The number of nitrogens with one attached hydrogen (secondary N) is 2. The van der Waals surface area contributed by atoms with Gasteiger partial charge in [-0.25, -0.2) is 0 Å². The van der Waals surface area contributed by atoms with E-state index < -0.39 is 0 Å². The molecule has 1 unspecified atom stereocenters. The number of aliphatic imine (C=N–C) groups is 1. The lowest BCUT2D eigenvalue weighted by atomic mass is 10.0. The normalized spacial score (nSPS) is 15.6. The number of benzene rings is 1. The number of likely N-dealkylation sites (tertiary alicyclic amines) is 1. The van der Waals surface area contributed by atoms with Crippen molar-refractivity contribution in [3.63, 3.8) is 0 Å². The van der Waals surface area contributed by atoms with E-state index in [1.165, 1.54) is 24.8 Å². The molecule has 170 valence electrons. The highest BCUT2D eigenvalue weighted by atomic mass is 127. The minimum Gasteiger partial charge on any atom is -0.497 e. The van der Waals surface area contributed by atoms with Crippen molar-refractivity contribution in [2.45, 2.75) is 38.6 Å². The first-order valence-electron chi connectivity index (χ1n) is 11.1. The number of rotatable bonds is 9. The van der Waals surface area contributed by atoms with E-state index in [1.54, 1.807) is 7.11 Å². The summed E-state index contributed by atoms with van der Waals surface area (Å²) >= 11 is 0. The number of methoxy groups -OCH3 is 1. The van der Waals surface area contributed by atoms with E-state index in [1.807, 2.05) is 30.5 Å². The third-order valence-corrected chi connectivity index (χ3v) is 5.50. The van der Waals surface area contributed by atoms with Crippen LogP contribution in [0.1, 0.15) is 43.5 Å². The SMILES string of the molecule is CCNC(=NCC(c1ccc(OC)cc1)N1CCCCC1)NCCc1ccccn1.I. The lowest BCUT2D eigenvalue weighted by Crippen LogP contribution is -2.40. The molecule has 31 heavy (non-hydrogen) atoms. The average Bonchev–Trinajstić information content (AvgIpc) is 2.81. The molecule has 1 saturated heterocycles. The van der Waals surface area contributed by atoms with Crippen LogP contribution in [0.25, 0.3) is 0 Å². The molecule has 1 fully saturated rings. The van der Waals surface area contributed by atoms with Crippen molar-refractivity contribution >= 4 is 29.9 Å². The van der Waals surface area contributed by atoms with Crippen LogP contribution in [0.15, 0.2) is 53.7 Å². The molecule has 0 radical (unpaired) electrons. The Morgan fingerprint density at radius 3 is 2.52 bits per heavy atom. The first-order valence-corrected chi connectivity index (χ1v) is 11.1. The van der Waals surface area contributed by atoms with Gasteiger partial charge in [0, 0.05) is 31.4 Å². The zero-order valence-corrected chi connectivity index (χ0v) is 21.0. The number of nitrogens with zero attached hydrogens (tertiary/aromatic N) is 3. The summed E-state index contributed by atoms with van der Waals surface area (Å²) in [6.45, 7) is 6.74. The first kappa shape index (κ1) is 25.4. The van der Waals surface area contributed by atoms with Gasteiger partial charge in [-0.1, -0.05) is 24.6 Å². The van der Waals surface area contributed by atoms with E-state index >= 15 is 0 Å². The van der Waals surface area contributed by atoms with E-state index in [0.29, 0.717) is 0 Å². The molecule has 2 N–H and O–H groups in total. The fourth-order valence-electron chi connectivity index (χ4n) is 3.86. The highest BCUT2D eigenvalue weighted by Crippen LogP contribution is 2.26. The molecule has 0 amide bonds. The Hall–Kier alpha value is -1.87. The summed E-state index contributed by atoms with van der Waals surface area (Å²) < 4.78 is 5.34. The number of hydrogen-bond acceptors (Lipinski definition) is 4. The van der Waals surface area contributed by atoms with Gasteiger partial charge in [-0.05, 0) is 62.7 Å². The molecule has 1 aromatic carbocycles. The second kappa shape index (κ2) is 14.2. The van der Waals surface area contributed by atoms with Crippen molar-refractivity contribution in [2.24, 2.45) is 4.99 Å². The molecule has 0 spiro atoms. The highest BCUT2D eigenvalue weighted by Gasteiger charge is 2.22. The summed E-state index contributed by atoms with van der Waals surface area (Å²) in [7, 11) is 1.71. The van der Waals surface area contributed by atoms with E-state index in [4.69, 9.17) is 9.73 Å². The molecule has 2 aromatic rings. The van der Waals surface area contributed by atoms with Crippen molar-refractivity contribution < 1.29 is 4.74 Å². The van der Waals surface area contributed by atoms with Gasteiger partial charge < -0.3 is 15.4 Å². The Balaban J connectivity index is 0.00000341. The number of hydrogen-bond donors (Lipinski definition) is 2. The van der Waals surface area contributed by atoms with Crippen LogP contribution in [-0.4, -0.2) is 55.7 Å². The Morgan fingerprint density at radius 2 is 1.87 bits per heavy atom. The fourth-order valence-corrected chi connectivity index (χ4v) is 3.86. The minimum absolute atomic E-state index is 0. The molecule has 0 aliphatic carbocycles. The standard InChI is InChI=1S/C24H35N5O.HI/c1-3-25-24(27-16-14-21-9-5-6-15-26-21)28-19-23(29-17-7-4-8-18-29)20-10-12-22(30-2)13-11-20;/h5-6,9-13,15,23H,3-4,7-8,14,16-19H2,1-2H3,(H2,25,27,28);1H. The number of aromatic nitrogens is 1. The van der Waals surface area contributed by atoms with Crippen LogP contribution in [0.3, 0.4) is 0 Å². The lowest BCUT2D eigenvalue weighted by Gasteiger charge is -2.34. The van der Waals surface area contributed by atoms with Gasteiger partial charge in [0.1, 0.15) is 5.75 Å². The molecule has 1 aliphatic heterocycles. The first-order chi connectivity index (χ1) is 14.8. The summed E-state index contributed by atoms with van der Waals surface area (Å²) in [4.78, 5) is 11.9. The molecular weight excluding hydrogens is 501 g/mol. The third-order valence-electron chi connectivity index (χ3n) is 5.50. The number of guanidine groups is 1. The Labute approximate surface area is 203 Å². The van der Waals surface area contributed by atoms with Crippen LogP contribution < -0.4 is 15.4 Å². The van der Waals surface area contributed by atoms with Crippen molar-refractivity contribution in [1.82, 2.24) is 20.5 Å². The van der Waals surface area contributed by atoms with Crippen molar-refractivity contribution in [3.8, 4) is 5.75 Å². The minimum atomic E-state index is 0. The van der Waals surface area contributed by atoms with E-state index in [9.17, 15) is 0 Å². The van der Waals surface area contributed by atoms with Gasteiger partial charge in [0.05, 0.1) is 19.7 Å². The molecule has 0 bridgehead atoms. The largest absolute Gasteiger partial charge is 0.497 e. The van der Waals surface area contributed by atoms with Gasteiger partial charge in [0.2, 0.25) is 0 Å². The monoisotopic (exact) mass is 537 g/mol. The molecule has 1 atom stereocenters. The van der Waals surface area contributed by atoms with Crippen LogP contribution in [0.4, 0.5) is 0 Å². The summed E-state index contributed by atoms with van der Waals surface area (Å²) in [5, 5.41) is 6.83. The second-order valence-corrected chi connectivity index (χ2v) is 7.60. The Morgan fingerprint density at radius 1 is 1.10 bits per heavy atom. The molecule has 1 aromatic heterocycles. The zero-order valence-electron chi connectivity index (χ0n) is 18.7. The number of ether oxygens (including phenoxy) is 1. The van der Waals surface area contributed by atoms with Crippen LogP contribution >= 0.6 is 24.0 Å². The van der Waals surface area contributed by atoms with Crippen LogP contribution in [0.5, 0.6) is 5.75 Å². The van der Waals surface area contributed by atoms with Crippen molar-refractivity contribution in [2.75, 3.05) is 39.8 Å². The molecule has 7 heteroatoms. The molecule has 2 heterocycles. The fraction of sp³-hybridized carbons (Fsp3) is 0.500. The van der Waals surface area contributed by atoms with E-state index in [0.717, 1.165) is 56.5 Å². The summed E-state index contributed by atoms with van der Waals surface area (Å²) in [5.74, 6) is 1.76. The van der Waals surface area contributed by atoms with Gasteiger partial charge in [-0.15, -0.1) is 24.0 Å². The summed E-state index contributed by atoms with van der Waals surface area (Å²) in [6.07, 6.45) is 6.57. The molecular formula is C24H36IN5O. The maximum absolute atomic E-state index is 5.34. The van der Waals surface area contributed by atoms with Crippen LogP contribution in [-0.2, 0) is 6.42 Å². The van der Waals surface area contributed by atoms with Crippen molar-refractivity contribution in [1.29, 1.82) is 0 Å². The second-order valence-electron chi connectivity index (χ2n) is 7.60. The summed E-state index contributed by atoms with van der Waals surface area (Å²) in [6, 6.07) is 14.8. The smallest absolute Gasteiger partial charge is 0.191 e. The molecule has 6 nitrogen and oxygen atoms in total. The third kappa shape index (κ3) is 8.29. The Kier molecular flexibility index (Phi) is 11.7. The van der Waals surface area contributed by atoms with Gasteiger partial charge >= 0.3 is 0 Å². The van der Waals surface area contributed by atoms with Gasteiger partial charge in [-0.3, -0.25) is 14.9 Å². The summed E-state index contributed by atoms with van der Waals surface area (Å²) in [5.41, 5.74) is 2.39. The number of pyridine rings is 1. The van der Waals surface area contributed by atoms with Crippen molar-refractivity contribution in [3.05, 3.63) is 59.9 Å². The topological polar surface area (TPSA) is 61.8 Å². The van der Waals surface area contributed by atoms with Crippen LogP contribution in [0.2, 0.25) is 0 Å². The van der Waals surface area contributed by atoms with E-state index in [2.05, 4.69) is 45.6 Å². The predicted molar refractivity (Wildman–Crippen MR) is 138 cm³/mol.